The minimum atomic E-state index is -0.439. The topological polar surface area (TPSA) is 48.0 Å². The molecule has 1 aromatic rings. The van der Waals surface area contributed by atoms with Crippen molar-refractivity contribution in [2.24, 2.45) is 0 Å². The monoisotopic (exact) mass is 303 g/mol. The second-order valence-electron chi connectivity index (χ2n) is 6.83. The summed E-state index contributed by atoms with van der Waals surface area (Å²) in [4.78, 5) is 13.5. The number of rotatable bonds is 1. The molecule has 2 heterocycles. The fourth-order valence-corrected chi connectivity index (χ4v) is 2.69. The molecule has 5 nitrogen and oxygen atoms in total. The summed E-state index contributed by atoms with van der Waals surface area (Å²) in [6.07, 6.45) is 0. The molecule has 1 saturated heterocycles. The second kappa shape index (κ2) is 5.00. The molecule has 22 heavy (non-hydrogen) atoms. The van der Waals surface area contributed by atoms with Crippen molar-refractivity contribution in [3.63, 3.8) is 0 Å². The average molecular weight is 303 g/mol. The highest BCUT2D eigenvalue weighted by Crippen LogP contribution is 2.37. The molecule has 118 valence electrons. The highest BCUT2D eigenvalue weighted by molar-refractivity contribution is 6.62. The molecular formula is C16H22BNO4. The van der Waals surface area contributed by atoms with Gasteiger partial charge in [0.1, 0.15) is 12.4 Å². The Kier molecular flexibility index (Phi) is 3.49. The van der Waals surface area contributed by atoms with E-state index in [2.05, 4.69) is 0 Å². The van der Waals surface area contributed by atoms with Gasteiger partial charge in [0.05, 0.1) is 23.4 Å². The average Bonchev–Trinajstić information content (AvgIpc) is 2.66. The van der Waals surface area contributed by atoms with E-state index in [1.807, 2.05) is 45.9 Å². The molecule has 3 rings (SSSR count). The van der Waals surface area contributed by atoms with Gasteiger partial charge >= 0.3 is 7.12 Å². The maximum atomic E-state index is 11.8. The van der Waals surface area contributed by atoms with Crippen LogP contribution in [0.4, 0.5) is 5.69 Å². The zero-order chi connectivity index (χ0) is 16.1. The molecule has 2 aliphatic heterocycles. The van der Waals surface area contributed by atoms with Crippen molar-refractivity contribution >= 4 is 24.2 Å². The van der Waals surface area contributed by atoms with Crippen LogP contribution in [0.3, 0.4) is 0 Å². The molecule has 0 spiro atoms. The smallest absolute Gasteiger partial charge is 0.490 e. The lowest BCUT2D eigenvalue weighted by Crippen LogP contribution is -2.41. The number of nitrogens with zero attached hydrogens (tertiary/aromatic N) is 1. The van der Waals surface area contributed by atoms with Gasteiger partial charge in [-0.15, -0.1) is 0 Å². The van der Waals surface area contributed by atoms with Crippen molar-refractivity contribution in [3.05, 3.63) is 18.2 Å². The van der Waals surface area contributed by atoms with Crippen molar-refractivity contribution in [3.8, 4) is 5.75 Å². The molecular weight excluding hydrogens is 281 g/mol. The molecule has 0 unspecified atom stereocenters. The first-order valence-electron chi connectivity index (χ1n) is 7.62. The Labute approximate surface area is 131 Å². The van der Waals surface area contributed by atoms with Gasteiger partial charge in [-0.1, -0.05) is 6.07 Å². The third-order valence-corrected chi connectivity index (χ3v) is 4.75. The van der Waals surface area contributed by atoms with Crippen LogP contribution in [0.15, 0.2) is 18.2 Å². The van der Waals surface area contributed by atoms with Crippen LogP contribution < -0.4 is 15.1 Å². The summed E-state index contributed by atoms with van der Waals surface area (Å²) >= 11 is 0. The number of hydrogen-bond acceptors (Lipinski definition) is 4. The highest BCUT2D eigenvalue weighted by atomic mass is 16.7. The number of carbonyl (C=O) groups excluding carboxylic acids is 1. The van der Waals surface area contributed by atoms with Gasteiger partial charge in [0.25, 0.3) is 0 Å². The Morgan fingerprint density at radius 3 is 2.41 bits per heavy atom. The Balaban J connectivity index is 1.94. The van der Waals surface area contributed by atoms with E-state index in [-0.39, 0.29) is 17.1 Å². The van der Waals surface area contributed by atoms with Crippen LogP contribution in [-0.2, 0) is 14.1 Å². The Bertz CT molecular complexity index is 598. The van der Waals surface area contributed by atoms with Gasteiger partial charge in [-0.3, -0.25) is 4.79 Å². The molecule has 0 N–H and O–H groups in total. The van der Waals surface area contributed by atoms with Gasteiger partial charge in [0.2, 0.25) is 5.91 Å². The normalized spacial score (nSPS) is 22.2. The van der Waals surface area contributed by atoms with Crippen LogP contribution in [0.2, 0.25) is 0 Å². The van der Waals surface area contributed by atoms with Gasteiger partial charge in [0, 0.05) is 6.92 Å². The van der Waals surface area contributed by atoms with E-state index < -0.39 is 7.12 Å². The van der Waals surface area contributed by atoms with Crippen molar-refractivity contribution in [2.75, 3.05) is 18.1 Å². The maximum absolute atomic E-state index is 11.8. The number of ether oxygens (including phenoxy) is 1. The van der Waals surface area contributed by atoms with Gasteiger partial charge in [-0.2, -0.15) is 0 Å². The molecule has 2 aliphatic rings. The minimum Gasteiger partial charge on any atom is -0.490 e. The molecule has 0 aliphatic carbocycles. The summed E-state index contributed by atoms with van der Waals surface area (Å²) < 4.78 is 17.8. The number of benzene rings is 1. The molecule has 6 heteroatoms. The number of anilines is 1. The fourth-order valence-electron chi connectivity index (χ4n) is 2.69. The van der Waals surface area contributed by atoms with Gasteiger partial charge in [0.15, 0.2) is 0 Å². The lowest BCUT2D eigenvalue weighted by atomic mass is 9.78. The molecule has 1 amide bonds. The molecule has 1 aromatic carbocycles. The zero-order valence-corrected chi connectivity index (χ0v) is 13.8. The zero-order valence-electron chi connectivity index (χ0n) is 13.8. The minimum absolute atomic E-state index is 0.00983. The van der Waals surface area contributed by atoms with Crippen molar-refractivity contribution in [2.45, 2.75) is 45.8 Å². The van der Waals surface area contributed by atoms with Crippen LogP contribution in [0.5, 0.6) is 5.75 Å². The summed E-state index contributed by atoms with van der Waals surface area (Å²) in [6, 6.07) is 5.74. The van der Waals surface area contributed by atoms with Crippen molar-refractivity contribution in [1.29, 1.82) is 0 Å². The number of hydrogen-bond donors (Lipinski definition) is 0. The number of carbonyl (C=O) groups is 1. The molecule has 0 atom stereocenters. The Hall–Kier alpha value is -1.53. The number of amides is 1. The quantitative estimate of drug-likeness (QED) is 0.741. The molecule has 0 saturated carbocycles. The number of fused-ring (bicyclic) bond motifs is 1. The highest BCUT2D eigenvalue weighted by Gasteiger charge is 2.51. The first kappa shape index (κ1) is 15.4. The summed E-state index contributed by atoms with van der Waals surface area (Å²) in [7, 11) is -0.439. The van der Waals surface area contributed by atoms with E-state index in [1.54, 1.807) is 11.8 Å². The predicted molar refractivity (Wildman–Crippen MR) is 85.7 cm³/mol. The van der Waals surface area contributed by atoms with Crippen molar-refractivity contribution in [1.82, 2.24) is 0 Å². The van der Waals surface area contributed by atoms with E-state index in [9.17, 15) is 4.79 Å². The standard InChI is InChI=1S/C16H22BNO4/c1-11(19)18-8-9-20-14-7-6-12(10-13(14)18)17-21-15(2,3)16(4,5)22-17/h6-7,10H,8-9H2,1-5H3. The molecule has 0 bridgehead atoms. The van der Waals surface area contributed by atoms with Gasteiger partial charge < -0.3 is 18.9 Å². The molecule has 0 radical (unpaired) electrons. The SMILES string of the molecule is CC(=O)N1CCOc2ccc(B3OC(C)(C)C(C)(C)O3)cc21. The van der Waals surface area contributed by atoms with Crippen molar-refractivity contribution < 1.29 is 18.8 Å². The molecule has 0 aromatic heterocycles. The van der Waals surface area contributed by atoms with Gasteiger partial charge in [-0.05, 0) is 45.3 Å². The summed E-state index contributed by atoms with van der Waals surface area (Å²) in [5, 5.41) is 0. The van der Waals surface area contributed by atoms with E-state index in [1.165, 1.54) is 0 Å². The second-order valence-corrected chi connectivity index (χ2v) is 6.83. The molecule has 1 fully saturated rings. The van der Waals surface area contributed by atoms with E-state index >= 15 is 0 Å². The Morgan fingerprint density at radius 1 is 1.18 bits per heavy atom. The van der Waals surface area contributed by atoms with E-state index in [0.717, 1.165) is 16.9 Å². The van der Waals surface area contributed by atoms with Gasteiger partial charge in [-0.25, -0.2) is 0 Å². The van der Waals surface area contributed by atoms with Crippen LogP contribution in [0, 0.1) is 0 Å². The third kappa shape index (κ3) is 2.40. The lowest BCUT2D eigenvalue weighted by Gasteiger charge is -2.32. The lowest BCUT2D eigenvalue weighted by molar-refractivity contribution is -0.116. The van der Waals surface area contributed by atoms with Crippen LogP contribution >= 0.6 is 0 Å². The predicted octanol–water partition coefficient (Wildman–Crippen LogP) is 1.73. The Morgan fingerprint density at radius 2 is 1.82 bits per heavy atom. The van der Waals surface area contributed by atoms with E-state index in [0.29, 0.717) is 13.2 Å². The third-order valence-electron chi connectivity index (χ3n) is 4.75. The van der Waals surface area contributed by atoms with E-state index in [4.69, 9.17) is 14.0 Å². The summed E-state index contributed by atoms with van der Waals surface area (Å²) in [5.74, 6) is 0.734. The fraction of sp³-hybridized carbons (Fsp3) is 0.562. The first-order valence-corrected chi connectivity index (χ1v) is 7.62. The first-order chi connectivity index (χ1) is 10.2. The largest absolute Gasteiger partial charge is 0.494 e. The summed E-state index contributed by atoms with van der Waals surface area (Å²) in [6.45, 7) is 10.7. The maximum Gasteiger partial charge on any atom is 0.494 e. The van der Waals surface area contributed by atoms with Crippen LogP contribution in [-0.4, -0.2) is 37.4 Å². The summed E-state index contributed by atoms with van der Waals surface area (Å²) in [5.41, 5.74) is 0.911. The van der Waals surface area contributed by atoms with Crippen LogP contribution in [0.1, 0.15) is 34.6 Å². The van der Waals surface area contributed by atoms with Crippen LogP contribution in [0.25, 0.3) is 0 Å².